The highest BCUT2D eigenvalue weighted by Gasteiger charge is 2.32. The summed E-state index contributed by atoms with van der Waals surface area (Å²) in [6.45, 7) is 2.29. The molecule has 0 spiro atoms. The number of hydrogen-bond acceptors (Lipinski definition) is 5. The van der Waals surface area contributed by atoms with Gasteiger partial charge in [-0.05, 0) is 43.0 Å². The summed E-state index contributed by atoms with van der Waals surface area (Å²) in [5.74, 6) is -0.115. The van der Waals surface area contributed by atoms with Gasteiger partial charge in [0.2, 0.25) is 0 Å². The minimum atomic E-state index is -0.699. The van der Waals surface area contributed by atoms with Crippen LogP contribution in [0.5, 0.6) is 5.75 Å². The van der Waals surface area contributed by atoms with Crippen LogP contribution in [0.2, 0.25) is 0 Å². The highest BCUT2D eigenvalue weighted by Crippen LogP contribution is 2.42. The number of hydrogen-bond donors (Lipinski definition) is 0. The zero-order valence-electron chi connectivity index (χ0n) is 13.8. The van der Waals surface area contributed by atoms with Gasteiger partial charge in [0.1, 0.15) is 6.61 Å². The van der Waals surface area contributed by atoms with Crippen molar-refractivity contribution in [3.63, 3.8) is 0 Å². The predicted octanol–water partition coefficient (Wildman–Crippen LogP) is 4.09. The molecule has 1 fully saturated rings. The number of carbonyl (C=O) groups is 2. The quantitative estimate of drug-likeness (QED) is 0.550. The molecule has 0 amide bonds. The number of esters is 1. The Balaban J connectivity index is 1.89. The van der Waals surface area contributed by atoms with E-state index in [4.69, 9.17) is 21.1 Å². The van der Waals surface area contributed by atoms with E-state index in [0.717, 1.165) is 18.4 Å². The maximum absolute atomic E-state index is 12.6. The first-order valence-electron chi connectivity index (χ1n) is 8.18. The van der Waals surface area contributed by atoms with Crippen molar-refractivity contribution in [1.29, 1.82) is 0 Å². The minimum absolute atomic E-state index is 0.0463. The van der Waals surface area contributed by atoms with Crippen molar-refractivity contribution in [2.45, 2.75) is 32.3 Å². The summed E-state index contributed by atoms with van der Waals surface area (Å²) in [7, 11) is 0. The molecule has 1 aromatic carbocycles. The Morgan fingerprint density at radius 1 is 1.24 bits per heavy atom. The Labute approximate surface area is 150 Å². The van der Waals surface area contributed by atoms with E-state index in [0.29, 0.717) is 17.9 Å². The molecular formula is C19H18ClNO4. The van der Waals surface area contributed by atoms with Crippen molar-refractivity contribution in [3.05, 3.63) is 58.9 Å². The fourth-order valence-corrected chi connectivity index (χ4v) is 2.68. The van der Waals surface area contributed by atoms with Crippen LogP contribution in [0, 0.1) is 0 Å². The van der Waals surface area contributed by atoms with Gasteiger partial charge in [0.25, 0.3) is 5.24 Å². The average Bonchev–Trinajstić information content (AvgIpc) is 3.45. The number of pyridine rings is 1. The van der Waals surface area contributed by atoms with Gasteiger partial charge in [0, 0.05) is 5.92 Å². The van der Waals surface area contributed by atoms with Crippen LogP contribution in [0.25, 0.3) is 0 Å². The van der Waals surface area contributed by atoms with Crippen molar-refractivity contribution in [2.75, 3.05) is 6.61 Å². The summed E-state index contributed by atoms with van der Waals surface area (Å²) in [5.41, 5.74) is 1.84. The lowest BCUT2D eigenvalue weighted by molar-refractivity contribution is 0.0469. The second-order valence-corrected chi connectivity index (χ2v) is 6.15. The Morgan fingerprint density at radius 2 is 1.96 bits per heavy atom. The summed E-state index contributed by atoms with van der Waals surface area (Å²) < 4.78 is 10.8. The summed E-state index contributed by atoms with van der Waals surface area (Å²) in [5, 5.41) is -0.699. The third kappa shape index (κ3) is 4.17. The molecule has 6 heteroatoms. The van der Waals surface area contributed by atoms with Crippen LogP contribution < -0.4 is 4.74 Å². The Hall–Kier alpha value is -2.40. The van der Waals surface area contributed by atoms with E-state index < -0.39 is 11.2 Å². The monoisotopic (exact) mass is 359 g/mol. The number of ether oxygens (including phenoxy) is 2. The van der Waals surface area contributed by atoms with Gasteiger partial charge in [-0.15, -0.1) is 0 Å². The van der Waals surface area contributed by atoms with Crippen LogP contribution in [-0.2, 0) is 11.3 Å². The summed E-state index contributed by atoms with van der Waals surface area (Å²) in [6, 6.07) is 11.0. The summed E-state index contributed by atoms with van der Waals surface area (Å²) in [6.07, 6.45) is 1.85. The molecule has 0 aliphatic heterocycles. The Morgan fingerprint density at radius 3 is 2.56 bits per heavy atom. The molecular weight excluding hydrogens is 342 g/mol. The van der Waals surface area contributed by atoms with Crippen LogP contribution in [0.3, 0.4) is 0 Å². The second kappa shape index (κ2) is 7.66. The molecule has 25 heavy (non-hydrogen) atoms. The fraction of sp³-hybridized carbons (Fsp3) is 0.316. The SMILES string of the molecule is CCOc1cc(C(=O)OCc2ccccc2)c(C2CC2)nc1C(=O)Cl. The van der Waals surface area contributed by atoms with Crippen LogP contribution >= 0.6 is 11.6 Å². The summed E-state index contributed by atoms with van der Waals surface area (Å²) in [4.78, 5) is 28.5. The van der Waals surface area contributed by atoms with Crippen LogP contribution in [0.4, 0.5) is 0 Å². The van der Waals surface area contributed by atoms with Crippen molar-refractivity contribution in [2.24, 2.45) is 0 Å². The number of carbonyl (C=O) groups excluding carboxylic acids is 2. The Kier molecular flexibility index (Phi) is 5.34. The standard InChI is InChI=1S/C19H18ClNO4/c1-2-24-15-10-14(16(13-8-9-13)21-17(15)18(20)22)19(23)25-11-12-6-4-3-5-7-12/h3-7,10,13H,2,8-9,11H2,1H3. The molecule has 0 N–H and O–H groups in total. The molecule has 5 nitrogen and oxygen atoms in total. The van der Waals surface area contributed by atoms with Gasteiger partial charge in [0.05, 0.1) is 17.9 Å². The molecule has 0 atom stereocenters. The van der Waals surface area contributed by atoms with E-state index in [9.17, 15) is 9.59 Å². The van der Waals surface area contributed by atoms with E-state index in [-0.39, 0.29) is 24.0 Å². The molecule has 0 unspecified atom stereocenters. The minimum Gasteiger partial charge on any atom is -0.491 e. The van der Waals surface area contributed by atoms with Gasteiger partial charge in [-0.25, -0.2) is 9.78 Å². The fourth-order valence-electron chi connectivity index (χ4n) is 2.55. The van der Waals surface area contributed by atoms with E-state index in [1.807, 2.05) is 30.3 Å². The molecule has 2 aromatic rings. The van der Waals surface area contributed by atoms with Crippen LogP contribution in [0.15, 0.2) is 36.4 Å². The second-order valence-electron chi connectivity index (χ2n) is 5.81. The molecule has 1 heterocycles. The molecule has 130 valence electrons. The number of nitrogens with zero attached hydrogens (tertiary/aromatic N) is 1. The molecule has 1 saturated carbocycles. The van der Waals surface area contributed by atoms with Crippen LogP contribution in [-0.4, -0.2) is 22.8 Å². The molecule has 3 rings (SSSR count). The maximum Gasteiger partial charge on any atom is 0.340 e. The third-order valence-corrected chi connectivity index (χ3v) is 4.08. The molecule has 0 radical (unpaired) electrons. The first kappa shape index (κ1) is 17.4. The molecule has 0 bridgehead atoms. The number of halogens is 1. The topological polar surface area (TPSA) is 65.5 Å². The zero-order valence-corrected chi connectivity index (χ0v) is 14.6. The number of aromatic nitrogens is 1. The highest BCUT2D eigenvalue weighted by molar-refractivity contribution is 6.67. The third-order valence-electron chi connectivity index (χ3n) is 3.90. The first-order valence-corrected chi connectivity index (χ1v) is 8.56. The summed E-state index contributed by atoms with van der Waals surface area (Å²) >= 11 is 5.62. The number of rotatable bonds is 7. The lowest BCUT2D eigenvalue weighted by Crippen LogP contribution is -2.13. The van der Waals surface area contributed by atoms with E-state index in [1.54, 1.807) is 6.92 Å². The van der Waals surface area contributed by atoms with Gasteiger partial charge in [-0.1, -0.05) is 30.3 Å². The van der Waals surface area contributed by atoms with Gasteiger partial charge in [0.15, 0.2) is 11.4 Å². The largest absolute Gasteiger partial charge is 0.491 e. The smallest absolute Gasteiger partial charge is 0.340 e. The van der Waals surface area contributed by atoms with E-state index in [2.05, 4.69) is 4.98 Å². The Bertz CT molecular complexity index is 788. The first-order chi connectivity index (χ1) is 12.1. The predicted molar refractivity (Wildman–Crippen MR) is 93.1 cm³/mol. The lowest BCUT2D eigenvalue weighted by Gasteiger charge is -2.13. The molecule has 1 aromatic heterocycles. The van der Waals surface area contributed by atoms with Crippen molar-refractivity contribution < 1.29 is 19.1 Å². The highest BCUT2D eigenvalue weighted by atomic mass is 35.5. The normalized spacial score (nSPS) is 13.4. The van der Waals surface area contributed by atoms with Gasteiger partial charge in [-0.3, -0.25) is 4.79 Å². The number of benzene rings is 1. The van der Waals surface area contributed by atoms with Crippen molar-refractivity contribution >= 4 is 22.8 Å². The molecule has 1 aliphatic rings. The van der Waals surface area contributed by atoms with Crippen molar-refractivity contribution in [1.82, 2.24) is 4.98 Å². The van der Waals surface area contributed by atoms with E-state index >= 15 is 0 Å². The maximum atomic E-state index is 12.6. The van der Waals surface area contributed by atoms with E-state index in [1.165, 1.54) is 6.07 Å². The lowest BCUT2D eigenvalue weighted by atomic mass is 10.1. The zero-order chi connectivity index (χ0) is 17.8. The van der Waals surface area contributed by atoms with Gasteiger partial charge < -0.3 is 9.47 Å². The molecule has 0 saturated heterocycles. The average molecular weight is 360 g/mol. The van der Waals surface area contributed by atoms with Crippen LogP contribution in [0.1, 0.15) is 57.8 Å². The van der Waals surface area contributed by atoms with Crippen molar-refractivity contribution in [3.8, 4) is 5.75 Å². The van der Waals surface area contributed by atoms with Gasteiger partial charge in [-0.2, -0.15) is 0 Å². The van der Waals surface area contributed by atoms with Gasteiger partial charge >= 0.3 is 5.97 Å². The molecule has 1 aliphatic carbocycles.